The molecule has 0 unspecified atom stereocenters. The molecule has 2 rings (SSSR count). The van der Waals surface area contributed by atoms with Gasteiger partial charge in [0.05, 0.1) is 13.7 Å². The van der Waals surface area contributed by atoms with Crippen molar-refractivity contribution in [2.75, 3.05) is 19.0 Å². The molecule has 2 aromatic rings. The number of methoxy groups -OCH3 is 1. The molecule has 116 valence electrons. The largest absolute Gasteiger partial charge is 0.497 e. The van der Waals surface area contributed by atoms with Crippen LogP contribution in [0.1, 0.15) is 33.5 Å². The second kappa shape index (κ2) is 6.75. The zero-order valence-electron chi connectivity index (χ0n) is 12.5. The molecule has 7 heteroatoms. The van der Waals surface area contributed by atoms with Crippen LogP contribution in [-0.2, 0) is 4.74 Å². The fourth-order valence-electron chi connectivity index (χ4n) is 1.85. The third kappa shape index (κ3) is 3.25. The SMILES string of the molecule is CCOC(=O)c1noc(C)c1C(=O)Nc1ccc(OC)cc1. The highest BCUT2D eigenvalue weighted by atomic mass is 16.5. The van der Waals surface area contributed by atoms with E-state index in [4.69, 9.17) is 14.0 Å². The summed E-state index contributed by atoms with van der Waals surface area (Å²) in [4.78, 5) is 24.1. The average molecular weight is 304 g/mol. The minimum absolute atomic E-state index is 0.0641. The minimum Gasteiger partial charge on any atom is -0.497 e. The van der Waals surface area contributed by atoms with Gasteiger partial charge in [-0.15, -0.1) is 0 Å². The molecule has 1 aromatic carbocycles. The van der Waals surface area contributed by atoms with Crippen LogP contribution in [0.15, 0.2) is 28.8 Å². The van der Waals surface area contributed by atoms with Gasteiger partial charge in [-0.05, 0) is 38.1 Å². The number of hydrogen-bond donors (Lipinski definition) is 1. The van der Waals surface area contributed by atoms with Gasteiger partial charge in [0.25, 0.3) is 5.91 Å². The number of benzene rings is 1. The zero-order valence-corrected chi connectivity index (χ0v) is 12.5. The highest BCUT2D eigenvalue weighted by Gasteiger charge is 2.26. The number of ether oxygens (including phenoxy) is 2. The van der Waals surface area contributed by atoms with Gasteiger partial charge < -0.3 is 19.3 Å². The molecular formula is C15H16N2O5. The topological polar surface area (TPSA) is 90.7 Å². The molecule has 0 radical (unpaired) electrons. The van der Waals surface area contributed by atoms with E-state index in [1.807, 2.05) is 0 Å². The summed E-state index contributed by atoms with van der Waals surface area (Å²) in [5, 5.41) is 6.27. The molecule has 0 fully saturated rings. The predicted octanol–water partition coefficient (Wildman–Crippen LogP) is 2.42. The van der Waals surface area contributed by atoms with Gasteiger partial charge in [-0.1, -0.05) is 5.16 Å². The lowest BCUT2D eigenvalue weighted by molar-refractivity contribution is 0.0512. The summed E-state index contributed by atoms with van der Waals surface area (Å²) in [5.74, 6) is -0.272. The maximum absolute atomic E-state index is 12.3. The number of aryl methyl sites for hydroxylation is 1. The molecule has 22 heavy (non-hydrogen) atoms. The Balaban J connectivity index is 2.21. The Labute approximate surface area is 127 Å². The first-order valence-electron chi connectivity index (χ1n) is 6.65. The molecule has 0 bridgehead atoms. The summed E-state index contributed by atoms with van der Waals surface area (Å²) in [6, 6.07) is 6.79. The van der Waals surface area contributed by atoms with Crippen LogP contribution >= 0.6 is 0 Å². The fraction of sp³-hybridized carbons (Fsp3) is 0.267. The van der Waals surface area contributed by atoms with Crippen LogP contribution in [-0.4, -0.2) is 30.7 Å². The predicted molar refractivity (Wildman–Crippen MR) is 78.1 cm³/mol. The van der Waals surface area contributed by atoms with Gasteiger partial charge in [0.15, 0.2) is 0 Å². The number of carbonyl (C=O) groups is 2. The lowest BCUT2D eigenvalue weighted by Crippen LogP contribution is -2.17. The van der Waals surface area contributed by atoms with Gasteiger partial charge in [-0.25, -0.2) is 4.79 Å². The van der Waals surface area contributed by atoms with Crippen molar-refractivity contribution in [3.05, 3.63) is 41.3 Å². The molecule has 0 aliphatic heterocycles. The molecule has 0 saturated carbocycles. The highest BCUT2D eigenvalue weighted by molar-refractivity contribution is 6.10. The van der Waals surface area contributed by atoms with Crippen LogP contribution in [0.25, 0.3) is 0 Å². The Hall–Kier alpha value is -2.83. The summed E-state index contributed by atoms with van der Waals surface area (Å²) in [5.41, 5.74) is 0.487. The first-order valence-corrected chi connectivity index (χ1v) is 6.65. The number of amides is 1. The van der Waals surface area contributed by atoms with E-state index < -0.39 is 11.9 Å². The van der Waals surface area contributed by atoms with Crippen LogP contribution in [0.4, 0.5) is 5.69 Å². The van der Waals surface area contributed by atoms with E-state index in [0.717, 1.165) is 0 Å². The summed E-state index contributed by atoms with van der Waals surface area (Å²) in [6.07, 6.45) is 0. The third-order valence-corrected chi connectivity index (χ3v) is 2.91. The zero-order chi connectivity index (χ0) is 16.1. The van der Waals surface area contributed by atoms with Crippen LogP contribution in [0.5, 0.6) is 5.75 Å². The second-order valence-corrected chi connectivity index (χ2v) is 4.37. The standard InChI is InChI=1S/C15H16N2O5/c1-4-21-15(19)13-12(9(2)22-17-13)14(18)16-10-5-7-11(20-3)8-6-10/h5-8H,4H2,1-3H3,(H,16,18). The molecule has 1 amide bonds. The number of anilines is 1. The van der Waals surface area contributed by atoms with Crippen molar-refractivity contribution in [1.29, 1.82) is 0 Å². The lowest BCUT2D eigenvalue weighted by Gasteiger charge is -2.06. The summed E-state index contributed by atoms with van der Waals surface area (Å²) >= 11 is 0. The first-order chi connectivity index (χ1) is 10.6. The number of nitrogens with zero attached hydrogens (tertiary/aromatic N) is 1. The molecule has 1 aromatic heterocycles. The Bertz CT molecular complexity index is 676. The molecule has 0 saturated heterocycles. The Morgan fingerprint density at radius 2 is 1.95 bits per heavy atom. The number of hydrogen-bond acceptors (Lipinski definition) is 6. The van der Waals surface area contributed by atoms with E-state index in [1.54, 1.807) is 45.2 Å². The average Bonchev–Trinajstić information content (AvgIpc) is 2.90. The molecule has 7 nitrogen and oxygen atoms in total. The fourth-order valence-corrected chi connectivity index (χ4v) is 1.85. The van der Waals surface area contributed by atoms with E-state index in [1.165, 1.54) is 0 Å². The van der Waals surface area contributed by atoms with E-state index in [-0.39, 0.29) is 23.6 Å². The monoisotopic (exact) mass is 304 g/mol. The van der Waals surface area contributed by atoms with Crippen molar-refractivity contribution >= 4 is 17.6 Å². The van der Waals surface area contributed by atoms with E-state index in [2.05, 4.69) is 10.5 Å². The molecule has 0 aliphatic rings. The molecule has 0 aliphatic carbocycles. The minimum atomic E-state index is -0.695. The number of nitrogens with one attached hydrogen (secondary N) is 1. The van der Waals surface area contributed by atoms with Gasteiger partial charge >= 0.3 is 5.97 Å². The molecule has 1 heterocycles. The normalized spacial score (nSPS) is 10.1. The van der Waals surface area contributed by atoms with Gasteiger partial charge in [0, 0.05) is 5.69 Å². The van der Waals surface area contributed by atoms with Gasteiger partial charge in [0.1, 0.15) is 17.1 Å². The maximum atomic E-state index is 12.3. The lowest BCUT2D eigenvalue weighted by atomic mass is 10.1. The molecule has 1 N–H and O–H groups in total. The molecule has 0 atom stereocenters. The Morgan fingerprint density at radius 3 is 2.55 bits per heavy atom. The Morgan fingerprint density at radius 1 is 1.27 bits per heavy atom. The van der Waals surface area contributed by atoms with Crippen molar-refractivity contribution in [2.45, 2.75) is 13.8 Å². The second-order valence-electron chi connectivity index (χ2n) is 4.37. The summed E-state index contributed by atoms with van der Waals surface area (Å²) < 4.78 is 14.8. The quantitative estimate of drug-likeness (QED) is 0.853. The molecular weight excluding hydrogens is 288 g/mol. The van der Waals surface area contributed by atoms with Crippen LogP contribution in [0, 0.1) is 6.92 Å². The van der Waals surface area contributed by atoms with Crippen LogP contribution in [0.3, 0.4) is 0 Å². The van der Waals surface area contributed by atoms with Gasteiger partial charge in [-0.2, -0.15) is 0 Å². The Kier molecular flexibility index (Phi) is 4.77. The smallest absolute Gasteiger partial charge is 0.361 e. The van der Waals surface area contributed by atoms with Gasteiger partial charge in [0.2, 0.25) is 5.69 Å². The highest BCUT2D eigenvalue weighted by Crippen LogP contribution is 2.19. The number of rotatable bonds is 5. The van der Waals surface area contributed by atoms with Crippen LogP contribution in [0.2, 0.25) is 0 Å². The number of carbonyl (C=O) groups excluding carboxylic acids is 2. The van der Waals surface area contributed by atoms with Crippen molar-refractivity contribution in [3.63, 3.8) is 0 Å². The van der Waals surface area contributed by atoms with Crippen molar-refractivity contribution in [1.82, 2.24) is 5.16 Å². The first kappa shape index (κ1) is 15.6. The summed E-state index contributed by atoms with van der Waals surface area (Å²) in [6.45, 7) is 3.41. The third-order valence-electron chi connectivity index (χ3n) is 2.91. The summed E-state index contributed by atoms with van der Waals surface area (Å²) in [7, 11) is 1.56. The van der Waals surface area contributed by atoms with E-state index in [9.17, 15) is 9.59 Å². The number of esters is 1. The molecule has 0 spiro atoms. The van der Waals surface area contributed by atoms with Crippen molar-refractivity contribution in [3.8, 4) is 5.75 Å². The van der Waals surface area contributed by atoms with E-state index in [0.29, 0.717) is 11.4 Å². The van der Waals surface area contributed by atoms with E-state index >= 15 is 0 Å². The van der Waals surface area contributed by atoms with Crippen LogP contribution < -0.4 is 10.1 Å². The van der Waals surface area contributed by atoms with Crippen molar-refractivity contribution < 1.29 is 23.6 Å². The maximum Gasteiger partial charge on any atom is 0.361 e. The van der Waals surface area contributed by atoms with Gasteiger partial charge in [-0.3, -0.25) is 4.79 Å². The van der Waals surface area contributed by atoms with Crippen molar-refractivity contribution in [2.24, 2.45) is 0 Å². The number of aromatic nitrogens is 1.